The Balaban J connectivity index is 3.00. The van der Waals surface area contributed by atoms with Crippen molar-refractivity contribution in [2.45, 2.75) is 200 Å². The predicted octanol–water partition coefficient (Wildman–Crippen LogP) is 12.8. The molecule has 0 aromatic rings. The fraction of sp³-hybridized carbons (Fsp3) is 0.939. The summed E-state index contributed by atoms with van der Waals surface area (Å²) >= 11 is 0. The van der Waals surface area contributed by atoms with Gasteiger partial charge in [-0.15, -0.1) is 0 Å². The van der Waals surface area contributed by atoms with E-state index in [0.29, 0.717) is 0 Å². The molecule has 0 bridgehead atoms. The second kappa shape index (κ2) is 32.5. The molecule has 1 nitrogen and oxygen atoms in total. The van der Waals surface area contributed by atoms with Gasteiger partial charge in [-0.3, -0.25) is 0 Å². The first kappa shape index (κ1) is 33.5. The van der Waals surface area contributed by atoms with Crippen molar-refractivity contribution in [2.75, 3.05) is 0 Å². The molecule has 1 N–H and O–H groups in total. The van der Waals surface area contributed by atoms with Gasteiger partial charge in [0.1, 0.15) is 0 Å². The summed E-state index contributed by atoms with van der Waals surface area (Å²) in [6.07, 6.45) is 46.1. The number of allylic oxidation sites excluding steroid dienone is 1. The lowest BCUT2D eigenvalue weighted by molar-refractivity contribution is 0.469. The summed E-state index contributed by atoms with van der Waals surface area (Å²) in [6, 6.07) is 0. The van der Waals surface area contributed by atoms with Gasteiger partial charge in [0, 0.05) is 0 Å². The molecule has 0 saturated heterocycles. The van der Waals surface area contributed by atoms with Crippen LogP contribution in [0.2, 0.25) is 0 Å². The van der Waals surface area contributed by atoms with E-state index in [1.807, 2.05) is 6.08 Å². The largest absolute Gasteiger partial charge is 0.516 e. The molecule has 1 heteroatoms. The minimum atomic E-state index is 1.04. The van der Waals surface area contributed by atoms with Crippen molar-refractivity contribution in [3.05, 3.63) is 12.3 Å². The summed E-state index contributed by atoms with van der Waals surface area (Å²) in [5.74, 6) is 0. The molecule has 0 atom stereocenters. The lowest BCUT2D eigenvalue weighted by Crippen LogP contribution is -1.85. The summed E-state index contributed by atoms with van der Waals surface area (Å²) in [6.45, 7) is 2.30. The lowest BCUT2D eigenvalue weighted by atomic mass is 10.0. The van der Waals surface area contributed by atoms with Crippen molar-refractivity contribution in [1.82, 2.24) is 0 Å². The SMILES string of the molecule is CCCCCCCCCCCCCCCCCCCCCCCCCCCCCCCC=CO. The van der Waals surface area contributed by atoms with Crippen LogP contribution in [0.25, 0.3) is 0 Å². The quantitative estimate of drug-likeness (QED) is 0.0803. The van der Waals surface area contributed by atoms with Crippen LogP contribution in [-0.2, 0) is 0 Å². The minimum absolute atomic E-state index is 1.04. The third kappa shape index (κ3) is 31.5. The number of rotatable bonds is 30. The zero-order valence-corrected chi connectivity index (χ0v) is 23.8. The zero-order chi connectivity index (χ0) is 24.6. The molecule has 0 radical (unpaired) electrons. The first-order valence-electron chi connectivity index (χ1n) is 16.2. The van der Waals surface area contributed by atoms with E-state index in [1.165, 1.54) is 192 Å². The highest BCUT2D eigenvalue weighted by Crippen LogP contribution is 2.16. The van der Waals surface area contributed by atoms with Crippen molar-refractivity contribution in [3.63, 3.8) is 0 Å². The first-order valence-corrected chi connectivity index (χ1v) is 16.2. The molecule has 0 aliphatic rings. The zero-order valence-electron chi connectivity index (χ0n) is 23.8. The Morgan fingerprint density at radius 1 is 0.324 bits per heavy atom. The molecule has 0 aliphatic heterocycles. The Labute approximate surface area is 217 Å². The Bertz CT molecular complexity index is 362. The van der Waals surface area contributed by atoms with Crippen molar-refractivity contribution < 1.29 is 5.11 Å². The number of aliphatic hydroxyl groups is 1. The van der Waals surface area contributed by atoms with Gasteiger partial charge in [-0.05, 0) is 12.8 Å². The van der Waals surface area contributed by atoms with E-state index < -0.39 is 0 Å². The Morgan fingerprint density at radius 2 is 0.529 bits per heavy atom. The van der Waals surface area contributed by atoms with Crippen molar-refractivity contribution in [3.8, 4) is 0 Å². The monoisotopic (exact) mass is 479 g/mol. The summed E-state index contributed by atoms with van der Waals surface area (Å²) in [7, 11) is 0. The molecule has 0 amide bonds. The van der Waals surface area contributed by atoms with Crippen molar-refractivity contribution >= 4 is 0 Å². The maximum Gasteiger partial charge on any atom is 0.0751 e. The van der Waals surface area contributed by atoms with Gasteiger partial charge in [-0.1, -0.05) is 193 Å². The van der Waals surface area contributed by atoms with Crippen LogP contribution in [0.5, 0.6) is 0 Å². The van der Waals surface area contributed by atoms with E-state index >= 15 is 0 Å². The van der Waals surface area contributed by atoms with Gasteiger partial charge in [0.25, 0.3) is 0 Å². The Kier molecular flexibility index (Phi) is 32.1. The Morgan fingerprint density at radius 3 is 0.735 bits per heavy atom. The summed E-state index contributed by atoms with van der Waals surface area (Å²) in [4.78, 5) is 0. The van der Waals surface area contributed by atoms with E-state index in [4.69, 9.17) is 5.11 Å². The van der Waals surface area contributed by atoms with Crippen molar-refractivity contribution in [2.24, 2.45) is 0 Å². The molecule has 0 aliphatic carbocycles. The molecule has 0 aromatic carbocycles. The van der Waals surface area contributed by atoms with Crippen molar-refractivity contribution in [1.29, 1.82) is 0 Å². The second-order valence-electron chi connectivity index (χ2n) is 11.1. The molecule has 0 unspecified atom stereocenters. The number of aliphatic hydroxyl groups excluding tert-OH is 1. The standard InChI is InChI=1S/C33H66O/c1-2-3-4-5-6-7-8-9-10-11-12-13-14-15-16-17-18-19-20-21-22-23-24-25-26-27-28-29-30-31-32-33-34/h32-34H,2-31H2,1H3. The van der Waals surface area contributed by atoms with E-state index in [2.05, 4.69) is 6.92 Å². The van der Waals surface area contributed by atoms with Crippen LogP contribution in [0, 0.1) is 0 Å². The van der Waals surface area contributed by atoms with Crippen LogP contribution in [0.15, 0.2) is 12.3 Å². The second-order valence-corrected chi connectivity index (χ2v) is 11.1. The van der Waals surface area contributed by atoms with Gasteiger partial charge in [-0.2, -0.15) is 0 Å². The average Bonchev–Trinajstić information content (AvgIpc) is 2.85. The molecular weight excluding hydrogens is 412 g/mol. The van der Waals surface area contributed by atoms with E-state index in [0.717, 1.165) is 6.42 Å². The average molecular weight is 479 g/mol. The normalized spacial score (nSPS) is 11.7. The van der Waals surface area contributed by atoms with Crippen LogP contribution in [-0.4, -0.2) is 5.11 Å². The van der Waals surface area contributed by atoms with Gasteiger partial charge in [-0.25, -0.2) is 0 Å². The third-order valence-electron chi connectivity index (χ3n) is 7.58. The summed E-state index contributed by atoms with van der Waals surface area (Å²) in [5.41, 5.74) is 0. The molecule has 0 rings (SSSR count). The maximum absolute atomic E-state index is 8.59. The molecule has 204 valence electrons. The van der Waals surface area contributed by atoms with Crippen LogP contribution in [0.1, 0.15) is 200 Å². The number of hydrogen-bond donors (Lipinski definition) is 1. The fourth-order valence-electron chi connectivity index (χ4n) is 5.18. The van der Waals surface area contributed by atoms with Crippen LogP contribution < -0.4 is 0 Å². The highest BCUT2D eigenvalue weighted by Gasteiger charge is 1.96. The van der Waals surface area contributed by atoms with Crippen LogP contribution in [0.4, 0.5) is 0 Å². The molecular formula is C33H66O. The topological polar surface area (TPSA) is 20.2 Å². The molecule has 0 fully saturated rings. The van der Waals surface area contributed by atoms with E-state index in [9.17, 15) is 0 Å². The van der Waals surface area contributed by atoms with E-state index in [-0.39, 0.29) is 0 Å². The predicted molar refractivity (Wildman–Crippen MR) is 156 cm³/mol. The molecule has 0 heterocycles. The lowest BCUT2D eigenvalue weighted by Gasteiger charge is -2.04. The molecule has 0 aromatic heterocycles. The highest BCUT2D eigenvalue weighted by molar-refractivity contribution is 4.70. The molecule has 0 saturated carbocycles. The van der Waals surface area contributed by atoms with Gasteiger partial charge in [0.15, 0.2) is 0 Å². The smallest absolute Gasteiger partial charge is 0.0751 e. The first-order chi connectivity index (χ1) is 16.9. The summed E-state index contributed by atoms with van der Waals surface area (Å²) in [5, 5.41) is 8.59. The van der Waals surface area contributed by atoms with Crippen LogP contribution in [0.3, 0.4) is 0 Å². The van der Waals surface area contributed by atoms with Gasteiger partial charge in [0.2, 0.25) is 0 Å². The Hall–Kier alpha value is -0.460. The highest BCUT2D eigenvalue weighted by atomic mass is 16.2. The number of unbranched alkanes of at least 4 members (excludes halogenated alkanes) is 29. The van der Waals surface area contributed by atoms with Gasteiger partial charge < -0.3 is 5.11 Å². The molecule has 0 spiro atoms. The minimum Gasteiger partial charge on any atom is -0.516 e. The van der Waals surface area contributed by atoms with Gasteiger partial charge in [0.05, 0.1) is 6.26 Å². The van der Waals surface area contributed by atoms with E-state index in [1.54, 1.807) is 0 Å². The maximum atomic E-state index is 8.59. The third-order valence-corrected chi connectivity index (χ3v) is 7.58. The fourth-order valence-corrected chi connectivity index (χ4v) is 5.18. The number of hydrogen-bond acceptors (Lipinski definition) is 1. The summed E-state index contributed by atoms with van der Waals surface area (Å²) < 4.78 is 0. The van der Waals surface area contributed by atoms with Crippen LogP contribution >= 0.6 is 0 Å². The molecule has 34 heavy (non-hydrogen) atoms. The van der Waals surface area contributed by atoms with Gasteiger partial charge >= 0.3 is 0 Å².